The third-order valence-electron chi connectivity index (χ3n) is 3.97. The van der Waals surface area contributed by atoms with Crippen LogP contribution in [0.4, 0.5) is 5.69 Å². The highest BCUT2D eigenvalue weighted by Gasteiger charge is 2.24. The fraction of sp³-hybridized carbons (Fsp3) is 0.562. The second kappa shape index (κ2) is 7.29. The number of aliphatic hydroxyl groups is 1. The Bertz CT molecular complexity index is 448. The van der Waals surface area contributed by atoms with E-state index < -0.39 is 0 Å². The van der Waals surface area contributed by atoms with Crippen molar-refractivity contribution in [1.29, 1.82) is 0 Å². The lowest BCUT2D eigenvalue weighted by molar-refractivity contribution is -0.133. The Morgan fingerprint density at radius 1 is 1.45 bits per heavy atom. The average Bonchev–Trinajstić information content (AvgIpc) is 2.52. The minimum Gasteiger partial charge on any atom is -0.392 e. The Morgan fingerprint density at radius 3 is 3.05 bits per heavy atom. The number of anilines is 1. The summed E-state index contributed by atoms with van der Waals surface area (Å²) in [4.78, 5) is 14.3. The molecule has 1 saturated heterocycles. The molecule has 20 heavy (non-hydrogen) atoms. The largest absolute Gasteiger partial charge is 0.392 e. The SMILES string of the molecule is CCC1CCCCN1C(=O)CNc1cccc(CO)c1. The fourth-order valence-corrected chi connectivity index (χ4v) is 2.81. The number of aliphatic hydroxyl groups excluding tert-OH is 1. The first-order valence-corrected chi connectivity index (χ1v) is 7.47. The van der Waals surface area contributed by atoms with Gasteiger partial charge in [0.05, 0.1) is 13.2 Å². The van der Waals surface area contributed by atoms with Crippen molar-refractivity contribution in [3.05, 3.63) is 29.8 Å². The Hall–Kier alpha value is -1.55. The highest BCUT2D eigenvalue weighted by Crippen LogP contribution is 2.19. The van der Waals surface area contributed by atoms with Crippen LogP contribution in [0, 0.1) is 0 Å². The molecule has 1 atom stereocenters. The second-order valence-electron chi connectivity index (χ2n) is 5.36. The van der Waals surface area contributed by atoms with Gasteiger partial charge in [-0.3, -0.25) is 4.79 Å². The van der Waals surface area contributed by atoms with E-state index in [0.717, 1.165) is 37.1 Å². The number of carbonyl (C=O) groups is 1. The molecule has 0 saturated carbocycles. The standard InChI is InChI=1S/C16H24N2O2/c1-2-15-8-3-4-9-18(15)16(20)11-17-14-7-5-6-13(10-14)12-19/h5-7,10,15,17,19H,2-4,8-9,11-12H2,1H3. The summed E-state index contributed by atoms with van der Waals surface area (Å²) in [5, 5.41) is 12.3. The predicted molar refractivity (Wildman–Crippen MR) is 80.5 cm³/mol. The van der Waals surface area contributed by atoms with Gasteiger partial charge < -0.3 is 15.3 Å². The first-order chi connectivity index (χ1) is 9.74. The zero-order valence-corrected chi connectivity index (χ0v) is 12.1. The van der Waals surface area contributed by atoms with Crippen molar-refractivity contribution in [2.24, 2.45) is 0 Å². The van der Waals surface area contributed by atoms with Gasteiger partial charge in [0.25, 0.3) is 0 Å². The van der Waals surface area contributed by atoms with Gasteiger partial charge in [0.2, 0.25) is 5.91 Å². The summed E-state index contributed by atoms with van der Waals surface area (Å²) in [6.45, 7) is 3.38. The van der Waals surface area contributed by atoms with E-state index in [4.69, 9.17) is 5.11 Å². The summed E-state index contributed by atoms with van der Waals surface area (Å²) in [6, 6.07) is 7.95. The first-order valence-electron chi connectivity index (χ1n) is 7.47. The summed E-state index contributed by atoms with van der Waals surface area (Å²) in [5.74, 6) is 0.172. The molecule has 0 bridgehead atoms. The number of hydrogen-bond donors (Lipinski definition) is 2. The predicted octanol–water partition coefficient (Wildman–Crippen LogP) is 2.38. The Balaban J connectivity index is 1.90. The van der Waals surface area contributed by atoms with E-state index in [-0.39, 0.29) is 12.5 Å². The molecule has 1 aromatic carbocycles. The molecule has 2 N–H and O–H groups in total. The maximum atomic E-state index is 12.3. The molecule has 1 fully saturated rings. The molecule has 110 valence electrons. The number of carbonyl (C=O) groups excluding carboxylic acids is 1. The van der Waals surface area contributed by atoms with E-state index in [0.29, 0.717) is 12.6 Å². The van der Waals surface area contributed by atoms with Crippen molar-refractivity contribution in [1.82, 2.24) is 4.90 Å². The van der Waals surface area contributed by atoms with Crippen molar-refractivity contribution >= 4 is 11.6 Å². The summed E-state index contributed by atoms with van der Waals surface area (Å²) in [6.07, 6.45) is 4.50. The Morgan fingerprint density at radius 2 is 2.30 bits per heavy atom. The monoisotopic (exact) mass is 276 g/mol. The quantitative estimate of drug-likeness (QED) is 0.868. The van der Waals surface area contributed by atoms with Crippen molar-refractivity contribution in [3.8, 4) is 0 Å². The van der Waals surface area contributed by atoms with E-state index in [1.165, 1.54) is 6.42 Å². The molecule has 1 aliphatic heterocycles. The molecule has 0 spiro atoms. The number of hydrogen-bond acceptors (Lipinski definition) is 3. The van der Waals surface area contributed by atoms with Gasteiger partial charge in [0, 0.05) is 18.3 Å². The first kappa shape index (κ1) is 14.9. The van der Waals surface area contributed by atoms with Crippen LogP contribution in [0.1, 0.15) is 38.2 Å². The number of nitrogens with one attached hydrogen (secondary N) is 1. The Kier molecular flexibility index (Phi) is 5.41. The van der Waals surface area contributed by atoms with Crippen LogP contribution < -0.4 is 5.32 Å². The van der Waals surface area contributed by atoms with Gasteiger partial charge in [0.1, 0.15) is 0 Å². The van der Waals surface area contributed by atoms with Crippen LogP contribution >= 0.6 is 0 Å². The van der Waals surface area contributed by atoms with Gasteiger partial charge in [-0.2, -0.15) is 0 Å². The van der Waals surface area contributed by atoms with Crippen molar-refractivity contribution in [2.45, 2.75) is 45.3 Å². The van der Waals surface area contributed by atoms with Crippen LogP contribution in [0.3, 0.4) is 0 Å². The van der Waals surface area contributed by atoms with Crippen LogP contribution in [-0.2, 0) is 11.4 Å². The van der Waals surface area contributed by atoms with Crippen LogP contribution in [0.2, 0.25) is 0 Å². The normalized spacial score (nSPS) is 18.9. The highest BCUT2D eigenvalue weighted by atomic mass is 16.3. The molecule has 4 heteroatoms. The van der Waals surface area contributed by atoms with Gasteiger partial charge in [-0.1, -0.05) is 19.1 Å². The average molecular weight is 276 g/mol. The van der Waals surface area contributed by atoms with Gasteiger partial charge in [-0.25, -0.2) is 0 Å². The smallest absolute Gasteiger partial charge is 0.242 e. The maximum absolute atomic E-state index is 12.3. The topological polar surface area (TPSA) is 52.6 Å². The lowest BCUT2D eigenvalue weighted by atomic mass is 10.00. The molecule has 1 heterocycles. The van der Waals surface area contributed by atoms with Crippen molar-refractivity contribution in [2.75, 3.05) is 18.4 Å². The van der Waals surface area contributed by atoms with Crippen LogP contribution in [-0.4, -0.2) is 35.0 Å². The van der Waals surface area contributed by atoms with Crippen LogP contribution in [0.25, 0.3) is 0 Å². The third-order valence-corrected chi connectivity index (χ3v) is 3.97. The number of likely N-dealkylation sites (tertiary alicyclic amines) is 1. The molecule has 1 amide bonds. The summed E-state index contributed by atoms with van der Waals surface area (Å²) in [5.41, 5.74) is 1.74. The summed E-state index contributed by atoms with van der Waals surface area (Å²) in [7, 11) is 0. The van der Waals surface area contributed by atoms with Crippen molar-refractivity contribution < 1.29 is 9.90 Å². The zero-order valence-electron chi connectivity index (χ0n) is 12.1. The Labute approximate surface area is 120 Å². The molecule has 4 nitrogen and oxygen atoms in total. The molecule has 0 aromatic heterocycles. The fourth-order valence-electron chi connectivity index (χ4n) is 2.81. The minimum atomic E-state index is 0.0213. The van der Waals surface area contributed by atoms with E-state index in [9.17, 15) is 4.79 Å². The molecule has 1 aliphatic rings. The van der Waals surface area contributed by atoms with Crippen LogP contribution in [0.15, 0.2) is 24.3 Å². The van der Waals surface area contributed by atoms with E-state index in [1.54, 1.807) is 0 Å². The number of amides is 1. The van der Waals surface area contributed by atoms with Gasteiger partial charge >= 0.3 is 0 Å². The number of nitrogens with zero attached hydrogens (tertiary/aromatic N) is 1. The zero-order chi connectivity index (χ0) is 14.4. The molecule has 1 aromatic rings. The molecule has 2 rings (SSSR count). The number of rotatable bonds is 5. The minimum absolute atomic E-state index is 0.0213. The van der Waals surface area contributed by atoms with E-state index in [1.807, 2.05) is 29.2 Å². The maximum Gasteiger partial charge on any atom is 0.242 e. The third kappa shape index (κ3) is 3.73. The highest BCUT2D eigenvalue weighted by molar-refractivity contribution is 5.81. The molecule has 1 unspecified atom stereocenters. The van der Waals surface area contributed by atoms with Crippen LogP contribution in [0.5, 0.6) is 0 Å². The molecule has 0 radical (unpaired) electrons. The van der Waals surface area contributed by atoms with Crippen molar-refractivity contribution in [3.63, 3.8) is 0 Å². The second-order valence-corrected chi connectivity index (χ2v) is 5.36. The lowest BCUT2D eigenvalue weighted by Crippen LogP contribution is -2.45. The summed E-state index contributed by atoms with van der Waals surface area (Å²) >= 11 is 0. The van der Waals surface area contributed by atoms with E-state index in [2.05, 4.69) is 12.2 Å². The van der Waals surface area contributed by atoms with Gasteiger partial charge in [-0.15, -0.1) is 0 Å². The summed E-state index contributed by atoms with van der Waals surface area (Å²) < 4.78 is 0. The molecular weight excluding hydrogens is 252 g/mol. The van der Waals surface area contributed by atoms with E-state index >= 15 is 0 Å². The van der Waals surface area contributed by atoms with Gasteiger partial charge in [-0.05, 0) is 43.4 Å². The number of benzene rings is 1. The van der Waals surface area contributed by atoms with Gasteiger partial charge in [0.15, 0.2) is 0 Å². The lowest BCUT2D eigenvalue weighted by Gasteiger charge is -2.35. The number of piperidine rings is 1. The molecule has 0 aliphatic carbocycles. The molecular formula is C16H24N2O2.